The van der Waals surface area contributed by atoms with Gasteiger partial charge in [-0.2, -0.15) is 0 Å². The predicted octanol–water partition coefficient (Wildman–Crippen LogP) is 2.47. The summed E-state index contributed by atoms with van der Waals surface area (Å²) >= 11 is 3.32. The van der Waals surface area contributed by atoms with Gasteiger partial charge >= 0.3 is 5.97 Å². The van der Waals surface area contributed by atoms with E-state index in [2.05, 4.69) is 10.3 Å². The van der Waals surface area contributed by atoms with E-state index in [-0.39, 0.29) is 5.97 Å². The molecule has 1 rings (SSSR count). The van der Waals surface area contributed by atoms with Crippen molar-refractivity contribution in [2.24, 2.45) is 0 Å². The van der Waals surface area contributed by atoms with Gasteiger partial charge in [0.15, 0.2) is 0 Å². The van der Waals surface area contributed by atoms with Gasteiger partial charge in [-0.15, -0.1) is 11.3 Å². The Morgan fingerprint density at radius 1 is 1.67 bits per heavy atom. The van der Waals surface area contributed by atoms with E-state index < -0.39 is 5.54 Å². The van der Waals surface area contributed by atoms with Gasteiger partial charge in [0.05, 0.1) is 6.61 Å². The Morgan fingerprint density at radius 3 is 2.89 bits per heavy atom. The zero-order valence-electron chi connectivity index (χ0n) is 11.3. The highest BCUT2D eigenvalue weighted by atomic mass is 32.2. The molecule has 0 saturated carbocycles. The molecule has 0 aliphatic carbocycles. The molecule has 0 aliphatic heterocycles. The summed E-state index contributed by atoms with van der Waals surface area (Å²) in [6.45, 7) is 6.09. The minimum absolute atomic E-state index is 0.191. The number of thiazole rings is 1. The average molecular weight is 288 g/mol. The molecule has 6 heteroatoms. The zero-order chi connectivity index (χ0) is 13.6. The smallest absolute Gasteiger partial charge is 0.326 e. The van der Waals surface area contributed by atoms with E-state index in [1.807, 2.05) is 26.2 Å². The number of ether oxygens (including phenoxy) is 1. The minimum atomic E-state index is -0.616. The third kappa shape index (κ3) is 4.26. The molecule has 0 radical (unpaired) electrons. The van der Waals surface area contributed by atoms with Crippen molar-refractivity contribution in [1.82, 2.24) is 10.3 Å². The monoisotopic (exact) mass is 288 g/mol. The number of aromatic nitrogens is 1. The molecular weight excluding hydrogens is 268 g/mol. The molecule has 0 spiro atoms. The van der Waals surface area contributed by atoms with E-state index in [0.717, 1.165) is 15.8 Å². The van der Waals surface area contributed by atoms with Crippen molar-refractivity contribution in [1.29, 1.82) is 0 Å². The van der Waals surface area contributed by atoms with Crippen LogP contribution in [0.3, 0.4) is 0 Å². The number of nitrogens with one attached hydrogen (secondary N) is 1. The number of hydrogen-bond donors (Lipinski definition) is 1. The van der Waals surface area contributed by atoms with Crippen LogP contribution >= 0.6 is 23.1 Å². The molecule has 0 aromatic carbocycles. The van der Waals surface area contributed by atoms with Crippen LogP contribution in [0.15, 0.2) is 9.72 Å². The average Bonchev–Trinajstić information content (AvgIpc) is 2.75. The quantitative estimate of drug-likeness (QED) is 0.617. The second-order valence-corrected chi connectivity index (χ2v) is 6.36. The van der Waals surface area contributed by atoms with Gasteiger partial charge in [-0.25, -0.2) is 4.98 Å². The number of likely N-dealkylation sites (N-methyl/N-ethyl adjacent to an activating group) is 1. The van der Waals surface area contributed by atoms with E-state index >= 15 is 0 Å². The van der Waals surface area contributed by atoms with Crippen molar-refractivity contribution in [3.8, 4) is 0 Å². The molecule has 1 N–H and O–H groups in total. The molecule has 18 heavy (non-hydrogen) atoms. The number of rotatable bonds is 7. The van der Waals surface area contributed by atoms with Gasteiger partial charge in [0, 0.05) is 16.8 Å². The second kappa shape index (κ2) is 7.11. The second-order valence-electron chi connectivity index (χ2n) is 4.16. The summed E-state index contributed by atoms with van der Waals surface area (Å²) in [5, 5.41) is 5.08. The van der Waals surface area contributed by atoms with Crippen LogP contribution in [0.25, 0.3) is 0 Å². The fourth-order valence-electron chi connectivity index (χ4n) is 1.36. The molecule has 1 unspecified atom stereocenters. The fourth-order valence-corrected chi connectivity index (χ4v) is 3.44. The summed E-state index contributed by atoms with van der Waals surface area (Å²) in [6, 6.07) is 0. The first-order valence-electron chi connectivity index (χ1n) is 5.93. The van der Waals surface area contributed by atoms with Gasteiger partial charge in [0.1, 0.15) is 9.88 Å². The lowest BCUT2D eigenvalue weighted by atomic mass is 10.00. The first kappa shape index (κ1) is 15.5. The van der Waals surface area contributed by atoms with Gasteiger partial charge in [-0.1, -0.05) is 11.8 Å². The van der Waals surface area contributed by atoms with Crippen LogP contribution < -0.4 is 5.32 Å². The van der Waals surface area contributed by atoms with Crippen molar-refractivity contribution >= 4 is 29.1 Å². The maximum absolute atomic E-state index is 11.8. The number of carbonyl (C=O) groups excluding carboxylic acids is 1. The van der Waals surface area contributed by atoms with Crippen molar-refractivity contribution in [3.05, 3.63) is 11.1 Å². The predicted molar refractivity (Wildman–Crippen MR) is 76.3 cm³/mol. The molecule has 4 nitrogen and oxygen atoms in total. The number of nitrogens with zero attached hydrogens (tertiary/aromatic N) is 1. The van der Waals surface area contributed by atoms with Gasteiger partial charge in [-0.3, -0.25) is 4.79 Å². The van der Waals surface area contributed by atoms with Gasteiger partial charge in [-0.05, 0) is 34.2 Å². The van der Waals surface area contributed by atoms with Crippen LogP contribution in [-0.4, -0.2) is 35.9 Å². The molecule has 1 aromatic rings. The van der Waals surface area contributed by atoms with Crippen molar-refractivity contribution in [3.63, 3.8) is 0 Å². The van der Waals surface area contributed by atoms with Gasteiger partial charge in [0.2, 0.25) is 0 Å². The van der Waals surface area contributed by atoms with E-state index in [9.17, 15) is 4.79 Å². The summed E-state index contributed by atoms with van der Waals surface area (Å²) < 4.78 is 6.13. The summed E-state index contributed by atoms with van der Waals surface area (Å²) in [4.78, 5) is 16.2. The van der Waals surface area contributed by atoms with Gasteiger partial charge in [0.25, 0.3) is 0 Å². The van der Waals surface area contributed by atoms with Gasteiger partial charge < -0.3 is 10.1 Å². The zero-order valence-corrected chi connectivity index (χ0v) is 12.9. The summed E-state index contributed by atoms with van der Waals surface area (Å²) in [7, 11) is 1.79. The molecule has 0 saturated heterocycles. The maximum atomic E-state index is 11.8. The van der Waals surface area contributed by atoms with E-state index in [1.54, 1.807) is 30.1 Å². The largest absolute Gasteiger partial charge is 0.465 e. The highest BCUT2D eigenvalue weighted by molar-refractivity contribution is 8.01. The molecular formula is C12H20N2O2S2. The molecule has 1 atom stereocenters. The van der Waals surface area contributed by atoms with Crippen LogP contribution in [0.5, 0.6) is 0 Å². The lowest BCUT2D eigenvalue weighted by molar-refractivity contribution is -0.150. The lowest BCUT2D eigenvalue weighted by Gasteiger charge is -2.26. The fraction of sp³-hybridized carbons (Fsp3) is 0.667. The number of thioether (sulfide) groups is 1. The van der Waals surface area contributed by atoms with Crippen molar-refractivity contribution in [2.75, 3.05) is 19.4 Å². The van der Waals surface area contributed by atoms with Crippen molar-refractivity contribution in [2.45, 2.75) is 37.1 Å². The number of hydrogen-bond acceptors (Lipinski definition) is 6. The van der Waals surface area contributed by atoms with E-state index in [1.165, 1.54) is 0 Å². The Balaban J connectivity index is 2.46. The van der Waals surface area contributed by atoms with Crippen LogP contribution in [0.4, 0.5) is 0 Å². The Morgan fingerprint density at radius 2 is 2.39 bits per heavy atom. The first-order chi connectivity index (χ1) is 8.51. The molecule has 0 fully saturated rings. The molecule has 0 aliphatic rings. The molecule has 102 valence electrons. The summed E-state index contributed by atoms with van der Waals surface area (Å²) in [6.07, 6.45) is 0.714. The molecule has 0 amide bonds. The summed E-state index contributed by atoms with van der Waals surface area (Å²) in [5.74, 6) is 0.645. The van der Waals surface area contributed by atoms with Crippen molar-refractivity contribution < 1.29 is 9.53 Å². The van der Waals surface area contributed by atoms with Crippen LogP contribution in [0, 0.1) is 6.92 Å². The highest BCUT2D eigenvalue weighted by Gasteiger charge is 2.32. The lowest BCUT2D eigenvalue weighted by Crippen LogP contribution is -2.49. The SMILES string of the molecule is CCOC(=O)C(C)(CCSc1nc(C)cs1)NC. The standard InChI is InChI=1S/C12H20N2O2S2/c1-5-16-10(15)12(3,13-4)6-7-17-11-14-9(2)8-18-11/h8,13H,5-7H2,1-4H3. The summed E-state index contributed by atoms with van der Waals surface area (Å²) in [5.41, 5.74) is 0.430. The Bertz CT molecular complexity index is 395. The first-order valence-corrected chi connectivity index (χ1v) is 7.79. The maximum Gasteiger partial charge on any atom is 0.326 e. The molecule has 0 bridgehead atoms. The van der Waals surface area contributed by atoms with Crippen LogP contribution in [-0.2, 0) is 9.53 Å². The minimum Gasteiger partial charge on any atom is -0.465 e. The van der Waals surface area contributed by atoms with E-state index in [0.29, 0.717) is 13.0 Å². The topological polar surface area (TPSA) is 51.2 Å². The Labute approximate surface area is 117 Å². The number of aryl methyl sites for hydroxylation is 1. The number of carbonyl (C=O) groups is 1. The Hall–Kier alpha value is -0.590. The molecule has 1 heterocycles. The van der Waals surface area contributed by atoms with Crippen LogP contribution in [0.2, 0.25) is 0 Å². The number of esters is 1. The van der Waals surface area contributed by atoms with Crippen LogP contribution in [0.1, 0.15) is 26.0 Å². The highest BCUT2D eigenvalue weighted by Crippen LogP contribution is 2.25. The molecule has 1 aromatic heterocycles. The normalized spacial score (nSPS) is 14.2. The van der Waals surface area contributed by atoms with E-state index in [4.69, 9.17) is 4.74 Å². The third-order valence-electron chi connectivity index (χ3n) is 2.70. The Kier molecular flexibility index (Phi) is 6.11. The third-order valence-corrected chi connectivity index (χ3v) is 4.84.